The Balaban J connectivity index is 2.06. The van der Waals surface area contributed by atoms with Gasteiger partial charge in [-0.25, -0.2) is 9.97 Å². The van der Waals surface area contributed by atoms with Gasteiger partial charge in [0.1, 0.15) is 17.4 Å². The van der Waals surface area contributed by atoms with Crippen LogP contribution in [0.2, 0.25) is 0 Å². The summed E-state index contributed by atoms with van der Waals surface area (Å²) in [7, 11) is 1.97. The molecule has 0 unspecified atom stereocenters. The highest BCUT2D eigenvalue weighted by Gasteiger charge is 2.21. The molecule has 0 saturated carbocycles. The van der Waals surface area contributed by atoms with Crippen molar-refractivity contribution in [2.24, 2.45) is 13.0 Å². The van der Waals surface area contributed by atoms with Crippen molar-refractivity contribution in [1.29, 1.82) is 0 Å². The predicted molar refractivity (Wildman–Crippen MR) is 71.7 cm³/mol. The quantitative estimate of drug-likeness (QED) is 0.770. The third-order valence-electron chi connectivity index (χ3n) is 3.85. The zero-order valence-corrected chi connectivity index (χ0v) is 11.2. The smallest absolute Gasteiger partial charge is 0.158 e. The first-order valence-electron chi connectivity index (χ1n) is 6.56. The predicted octanol–water partition coefficient (Wildman–Crippen LogP) is 1.91. The van der Waals surface area contributed by atoms with Crippen LogP contribution in [0.4, 0.5) is 5.82 Å². The van der Waals surface area contributed by atoms with Gasteiger partial charge in [0.25, 0.3) is 0 Å². The van der Waals surface area contributed by atoms with Crippen LogP contribution in [0.15, 0.2) is 6.33 Å². The monoisotopic (exact) mass is 245 g/mol. The normalized spacial score (nSPS) is 17.6. The zero-order valence-electron chi connectivity index (χ0n) is 11.2. The first-order chi connectivity index (χ1) is 8.66. The van der Waals surface area contributed by atoms with Gasteiger partial charge in [0.05, 0.1) is 5.69 Å². The van der Waals surface area contributed by atoms with Crippen LogP contribution >= 0.6 is 0 Å². The highest BCUT2D eigenvalue weighted by atomic mass is 15.3. The Kier molecular flexibility index (Phi) is 2.69. The van der Waals surface area contributed by atoms with E-state index < -0.39 is 0 Å². The number of nitrogens with zero attached hydrogens (tertiary/aromatic N) is 5. The topological polar surface area (TPSA) is 46.8 Å². The Morgan fingerprint density at radius 1 is 1.22 bits per heavy atom. The number of hydrogen-bond acceptors (Lipinski definition) is 4. The minimum absolute atomic E-state index is 0.826. The van der Waals surface area contributed by atoms with Crippen LogP contribution in [0.5, 0.6) is 0 Å². The van der Waals surface area contributed by atoms with Gasteiger partial charge >= 0.3 is 0 Å². The van der Waals surface area contributed by atoms with Gasteiger partial charge in [-0.2, -0.15) is 5.10 Å². The lowest BCUT2D eigenvalue weighted by Crippen LogP contribution is -2.33. The largest absolute Gasteiger partial charge is 0.355 e. The van der Waals surface area contributed by atoms with Crippen molar-refractivity contribution in [3.05, 3.63) is 12.0 Å². The van der Waals surface area contributed by atoms with Crippen LogP contribution in [-0.2, 0) is 7.05 Å². The van der Waals surface area contributed by atoms with E-state index in [1.807, 2.05) is 18.7 Å². The average Bonchev–Trinajstić information content (AvgIpc) is 2.66. The molecule has 5 nitrogen and oxygen atoms in total. The summed E-state index contributed by atoms with van der Waals surface area (Å²) in [6.07, 6.45) is 4.13. The third-order valence-corrected chi connectivity index (χ3v) is 3.85. The molecule has 0 atom stereocenters. The first-order valence-corrected chi connectivity index (χ1v) is 6.56. The van der Waals surface area contributed by atoms with Crippen LogP contribution in [0.1, 0.15) is 25.5 Å². The van der Waals surface area contributed by atoms with Crippen LogP contribution in [0.3, 0.4) is 0 Å². The summed E-state index contributed by atoms with van der Waals surface area (Å²) in [4.78, 5) is 11.2. The Labute approximate surface area is 107 Å². The average molecular weight is 245 g/mol. The molecule has 0 bridgehead atoms. The van der Waals surface area contributed by atoms with E-state index >= 15 is 0 Å². The second-order valence-electron chi connectivity index (χ2n) is 5.27. The Bertz CT molecular complexity index is 566. The Morgan fingerprint density at radius 3 is 2.67 bits per heavy atom. The van der Waals surface area contributed by atoms with Gasteiger partial charge in [-0.3, -0.25) is 4.68 Å². The molecule has 1 fully saturated rings. The molecule has 5 heteroatoms. The highest BCUT2D eigenvalue weighted by Crippen LogP contribution is 2.27. The molecule has 1 saturated heterocycles. The van der Waals surface area contributed by atoms with Gasteiger partial charge in [-0.15, -0.1) is 0 Å². The Morgan fingerprint density at radius 2 is 1.94 bits per heavy atom. The lowest BCUT2D eigenvalue weighted by Gasteiger charge is -2.31. The van der Waals surface area contributed by atoms with Crippen molar-refractivity contribution in [2.75, 3.05) is 18.0 Å². The molecule has 3 heterocycles. The lowest BCUT2D eigenvalue weighted by molar-refractivity contribution is 0.437. The molecule has 0 aromatic carbocycles. The summed E-state index contributed by atoms with van der Waals surface area (Å²) in [6, 6.07) is 0. The molecule has 3 rings (SSSR count). The molecule has 0 radical (unpaired) electrons. The molecule has 0 N–H and O–H groups in total. The Hall–Kier alpha value is -1.65. The van der Waals surface area contributed by atoms with Gasteiger partial charge in [-0.05, 0) is 25.7 Å². The van der Waals surface area contributed by atoms with E-state index in [1.165, 1.54) is 12.8 Å². The number of aromatic nitrogens is 4. The van der Waals surface area contributed by atoms with Gasteiger partial charge in [0.2, 0.25) is 0 Å². The molecule has 18 heavy (non-hydrogen) atoms. The summed E-state index contributed by atoms with van der Waals surface area (Å²) in [6.45, 7) is 6.48. The molecule has 0 spiro atoms. The molecule has 1 aliphatic heterocycles. The first kappa shape index (κ1) is 11.4. The third kappa shape index (κ3) is 1.74. The van der Waals surface area contributed by atoms with Crippen molar-refractivity contribution in [3.8, 4) is 0 Å². The van der Waals surface area contributed by atoms with E-state index in [4.69, 9.17) is 0 Å². The van der Waals surface area contributed by atoms with E-state index in [1.54, 1.807) is 6.33 Å². The maximum Gasteiger partial charge on any atom is 0.158 e. The highest BCUT2D eigenvalue weighted by molar-refractivity contribution is 5.87. The fourth-order valence-electron chi connectivity index (χ4n) is 2.71. The van der Waals surface area contributed by atoms with Crippen LogP contribution in [0.25, 0.3) is 11.0 Å². The maximum absolute atomic E-state index is 4.48. The molecule has 2 aromatic heterocycles. The van der Waals surface area contributed by atoms with Crippen LogP contribution in [0, 0.1) is 12.8 Å². The van der Waals surface area contributed by atoms with Crippen LogP contribution in [-0.4, -0.2) is 32.8 Å². The number of piperidine rings is 1. The minimum Gasteiger partial charge on any atom is -0.355 e. The van der Waals surface area contributed by atoms with E-state index in [2.05, 4.69) is 26.9 Å². The summed E-state index contributed by atoms with van der Waals surface area (Å²) >= 11 is 0. The summed E-state index contributed by atoms with van der Waals surface area (Å²) in [5.74, 6) is 1.86. The SMILES string of the molecule is Cc1nn(C)c2c(N3CCC(C)CC3)ncnc12. The minimum atomic E-state index is 0.826. The lowest BCUT2D eigenvalue weighted by atomic mass is 9.99. The van der Waals surface area contributed by atoms with Crippen molar-refractivity contribution in [3.63, 3.8) is 0 Å². The van der Waals surface area contributed by atoms with Gasteiger partial charge in [-0.1, -0.05) is 6.92 Å². The second-order valence-corrected chi connectivity index (χ2v) is 5.27. The van der Waals surface area contributed by atoms with E-state index in [0.29, 0.717) is 0 Å². The molecule has 2 aromatic rings. The zero-order chi connectivity index (χ0) is 12.7. The van der Waals surface area contributed by atoms with Gasteiger partial charge < -0.3 is 4.90 Å². The number of anilines is 1. The van der Waals surface area contributed by atoms with Crippen LogP contribution < -0.4 is 4.90 Å². The summed E-state index contributed by atoms with van der Waals surface area (Å²) in [5.41, 5.74) is 3.01. The van der Waals surface area contributed by atoms with Crippen molar-refractivity contribution < 1.29 is 0 Å². The standard InChI is InChI=1S/C13H19N5/c1-9-4-6-18(7-5-9)13-12-11(14-8-15-13)10(2)16-17(12)3/h8-9H,4-7H2,1-3H3. The number of hydrogen-bond donors (Lipinski definition) is 0. The van der Waals surface area contributed by atoms with Crippen molar-refractivity contribution in [2.45, 2.75) is 26.7 Å². The molecule has 0 amide bonds. The molecular formula is C13H19N5. The second kappa shape index (κ2) is 4.23. The summed E-state index contributed by atoms with van der Waals surface area (Å²) in [5, 5.41) is 4.45. The van der Waals surface area contributed by atoms with E-state index in [0.717, 1.165) is 41.6 Å². The molecule has 1 aliphatic rings. The van der Waals surface area contributed by atoms with Gasteiger partial charge in [0.15, 0.2) is 5.82 Å². The van der Waals surface area contributed by atoms with Gasteiger partial charge in [0, 0.05) is 20.1 Å². The number of rotatable bonds is 1. The molecular weight excluding hydrogens is 226 g/mol. The summed E-state index contributed by atoms with van der Waals surface area (Å²) < 4.78 is 1.90. The van der Waals surface area contributed by atoms with Crippen molar-refractivity contribution >= 4 is 16.9 Å². The number of fused-ring (bicyclic) bond motifs is 1. The molecule has 0 aliphatic carbocycles. The van der Waals surface area contributed by atoms with Crippen molar-refractivity contribution in [1.82, 2.24) is 19.7 Å². The fourth-order valence-corrected chi connectivity index (χ4v) is 2.71. The number of aryl methyl sites for hydroxylation is 2. The van der Waals surface area contributed by atoms with E-state index in [-0.39, 0.29) is 0 Å². The molecule has 96 valence electrons. The maximum atomic E-state index is 4.48. The van der Waals surface area contributed by atoms with E-state index in [9.17, 15) is 0 Å². The fraction of sp³-hybridized carbons (Fsp3) is 0.615.